The standard InChI is InChI=1S/C56H107NO5/c1-3-5-7-9-11-13-15-17-19-21-23-25-30-34-38-42-46-50-56(61)62-51-47-43-39-35-31-27-26-29-33-37-41-45-49-55(60)57-53(52-58)54(59)48-44-40-36-32-28-24-22-20-18-16-14-12-10-8-6-4-2/h11,13,17,19,53-54,58-59H,3-10,12,14-16,18,20-52H2,1-2H3,(H,57,60)/b13-11-,19-17-. The minimum Gasteiger partial charge on any atom is -0.466 e. The van der Waals surface area contributed by atoms with Crippen LogP contribution in [0.3, 0.4) is 0 Å². The van der Waals surface area contributed by atoms with E-state index in [1.807, 2.05) is 0 Å². The van der Waals surface area contributed by atoms with Gasteiger partial charge < -0.3 is 20.3 Å². The molecule has 0 saturated heterocycles. The van der Waals surface area contributed by atoms with Gasteiger partial charge in [-0.05, 0) is 57.8 Å². The predicted octanol–water partition coefficient (Wildman–Crippen LogP) is 16.7. The Labute approximate surface area is 386 Å². The summed E-state index contributed by atoms with van der Waals surface area (Å²) in [6.45, 7) is 4.90. The number of unbranched alkanes of at least 4 members (excludes halogenated alkanes) is 36. The summed E-state index contributed by atoms with van der Waals surface area (Å²) in [6.07, 6.45) is 61.5. The van der Waals surface area contributed by atoms with E-state index in [-0.39, 0.29) is 18.5 Å². The summed E-state index contributed by atoms with van der Waals surface area (Å²) in [7, 11) is 0. The smallest absolute Gasteiger partial charge is 0.305 e. The Balaban J connectivity index is 3.46. The van der Waals surface area contributed by atoms with E-state index in [4.69, 9.17) is 4.74 Å². The van der Waals surface area contributed by atoms with Crippen molar-refractivity contribution in [2.75, 3.05) is 13.2 Å². The third-order valence-corrected chi connectivity index (χ3v) is 12.8. The molecule has 0 aromatic heterocycles. The number of nitrogens with one attached hydrogen (secondary N) is 1. The molecule has 0 fully saturated rings. The van der Waals surface area contributed by atoms with Gasteiger partial charge in [0, 0.05) is 12.8 Å². The normalized spacial score (nSPS) is 12.8. The molecule has 0 aromatic rings. The number of allylic oxidation sites excluding steroid dienone is 4. The molecular formula is C56H107NO5. The van der Waals surface area contributed by atoms with Crippen LogP contribution in [0.25, 0.3) is 0 Å². The minimum atomic E-state index is -0.675. The fraction of sp³-hybridized carbons (Fsp3) is 0.893. The Hall–Kier alpha value is -1.66. The maximum absolute atomic E-state index is 12.5. The lowest BCUT2D eigenvalue weighted by atomic mass is 10.0. The van der Waals surface area contributed by atoms with Gasteiger partial charge in [-0.1, -0.05) is 250 Å². The SMILES string of the molecule is CCCCC/C=C\C/C=C\CCCCCCCCCC(=O)OCCCCCCCCCCCCCCC(=O)NC(CO)C(O)CCCCCCCCCCCCCCCCCC. The van der Waals surface area contributed by atoms with Crippen molar-refractivity contribution in [3.8, 4) is 0 Å². The molecule has 0 rings (SSSR count). The second-order valence-electron chi connectivity index (χ2n) is 18.9. The monoisotopic (exact) mass is 874 g/mol. The highest BCUT2D eigenvalue weighted by molar-refractivity contribution is 5.76. The predicted molar refractivity (Wildman–Crippen MR) is 269 cm³/mol. The second kappa shape index (κ2) is 52.0. The number of amides is 1. The van der Waals surface area contributed by atoms with Crippen molar-refractivity contribution in [1.82, 2.24) is 5.32 Å². The summed E-state index contributed by atoms with van der Waals surface area (Å²) < 4.78 is 5.47. The molecule has 2 unspecified atom stereocenters. The number of hydrogen-bond donors (Lipinski definition) is 3. The molecule has 3 N–H and O–H groups in total. The Morgan fingerprint density at radius 2 is 0.806 bits per heavy atom. The number of esters is 1. The zero-order chi connectivity index (χ0) is 45.1. The van der Waals surface area contributed by atoms with Gasteiger partial charge in [-0.2, -0.15) is 0 Å². The lowest BCUT2D eigenvalue weighted by Gasteiger charge is -2.22. The summed E-state index contributed by atoms with van der Waals surface area (Å²) in [4.78, 5) is 24.5. The highest BCUT2D eigenvalue weighted by Crippen LogP contribution is 2.17. The van der Waals surface area contributed by atoms with Gasteiger partial charge in [0.1, 0.15) is 0 Å². The van der Waals surface area contributed by atoms with Crippen LogP contribution in [-0.4, -0.2) is 47.4 Å². The summed E-state index contributed by atoms with van der Waals surface area (Å²) in [5.74, 6) is -0.0662. The van der Waals surface area contributed by atoms with E-state index in [1.165, 1.54) is 199 Å². The molecule has 0 saturated carbocycles. The van der Waals surface area contributed by atoms with E-state index >= 15 is 0 Å². The molecule has 6 nitrogen and oxygen atoms in total. The maximum Gasteiger partial charge on any atom is 0.305 e. The molecule has 0 aliphatic rings. The average molecular weight is 874 g/mol. The van der Waals surface area contributed by atoms with Crippen LogP contribution in [0, 0.1) is 0 Å². The number of hydrogen-bond acceptors (Lipinski definition) is 5. The third-order valence-electron chi connectivity index (χ3n) is 12.8. The highest BCUT2D eigenvalue weighted by Gasteiger charge is 2.20. The van der Waals surface area contributed by atoms with Crippen molar-refractivity contribution in [2.24, 2.45) is 0 Å². The van der Waals surface area contributed by atoms with Gasteiger partial charge in [-0.25, -0.2) is 0 Å². The van der Waals surface area contributed by atoms with Crippen LogP contribution < -0.4 is 5.32 Å². The van der Waals surface area contributed by atoms with Crippen molar-refractivity contribution in [3.05, 3.63) is 24.3 Å². The van der Waals surface area contributed by atoms with E-state index in [9.17, 15) is 19.8 Å². The molecule has 0 aliphatic heterocycles. The van der Waals surface area contributed by atoms with Crippen LogP contribution in [0.4, 0.5) is 0 Å². The Morgan fingerprint density at radius 1 is 0.452 bits per heavy atom. The zero-order valence-corrected chi connectivity index (χ0v) is 41.6. The quantitative estimate of drug-likeness (QED) is 0.0321. The summed E-state index contributed by atoms with van der Waals surface area (Å²) in [5.41, 5.74) is 0. The molecule has 0 spiro atoms. The van der Waals surface area contributed by atoms with Crippen molar-refractivity contribution >= 4 is 11.9 Å². The Bertz CT molecular complexity index is 966. The number of carbonyl (C=O) groups is 2. The zero-order valence-electron chi connectivity index (χ0n) is 41.6. The molecule has 366 valence electrons. The van der Waals surface area contributed by atoms with E-state index in [0.717, 1.165) is 64.2 Å². The van der Waals surface area contributed by atoms with Crippen molar-refractivity contribution < 1.29 is 24.5 Å². The van der Waals surface area contributed by atoms with E-state index < -0.39 is 12.1 Å². The lowest BCUT2D eigenvalue weighted by Crippen LogP contribution is -2.45. The molecule has 0 heterocycles. The van der Waals surface area contributed by atoms with Crippen molar-refractivity contribution in [2.45, 2.75) is 309 Å². The van der Waals surface area contributed by atoms with E-state index in [2.05, 4.69) is 43.5 Å². The Kier molecular flexibility index (Phi) is 50.6. The molecule has 0 radical (unpaired) electrons. The molecular weight excluding hydrogens is 767 g/mol. The molecule has 2 atom stereocenters. The van der Waals surface area contributed by atoms with Crippen LogP contribution in [0.15, 0.2) is 24.3 Å². The Morgan fingerprint density at radius 3 is 1.26 bits per heavy atom. The van der Waals surface area contributed by atoms with Crippen LogP contribution in [0.1, 0.15) is 296 Å². The topological polar surface area (TPSA) is 95.9 Å². The molecule has 0 aliphatic carbocycles. The number of aliphatic hydroxyl groups excluding tert-OH is 2. The first kappa shape index (κ1) is 60.3. The number of aliphatic hydroxyl groups is 2. The number of carbonyl (C=O) groups excluding carboxylic acids is 2. The van der Waals surface area contributed by atoms with Gasteiger partial charge >= 0.3 is 5.97 Å². The molecule has 0 bridgehead atoms. The lowest BCUT2D eigenvalue weighted by molar-refractivity contribution is -0.143. The molecule has 6 heteroatoms. The molecule has 1 amide bonds. The first-order valence-electron chi connectivity index (χ1n) is 27.6. The van der Waals surface area contributed by atoms with Crippen LogP contribution in [0.2, 0.25) is 0 Å². The summed E-state index contributed by atoms with van der Waals surface area (Å²) in [6, 6.07) is -0.553. The highest BCUT2D eigenvalue weighted by atomic mass is 16.5. The fourth-order valence-corrected chi connectivity index (χ4v) is 8.49. The van der Waals surface area contributed by atoms with Gasteiger partial charge in [0.15, 0.2) is 0 Å². The third kappa shape index (κ3) is 47.8. The first-order chi connectivity index (χ1) is 30.5. The van der Waals surface area contributed by atoms with Crippen molar-refractivity contribution in [1.29, 1.82) is 0 Å². The van der Waals surface area contributed by atoms with Gasteiger partial charge in [-0.15, -0.1) is 0 Å². The summed E-state index contributed by atoms with van der Waals surface area (Å²) >= 11 is 0. The molecule has 0 aromatic carbocycles. The number of rotatable bonds is 51. The van der Waals surface area contributed by atoms with Crippen LogP contribution in [0.5, 0.6) is 0 Å². The fourth-order valence-electron chi connectivity index (χ4n) is 8.49. The summed E-state index contributed by atoms with van der Waals surface area (Å²) in [5, 5.41) is 23.3. The van der Waals surface area contributed by atoms with Gasteiger partial charge in [0.2, 0.25) is 5.91 Å². The van der Waals surface area contributed by atoms with Gasteiger partial charge in [0.05, 0.1) is 25.4 Å². The minimum absolute atomic E-state index is 0.0166. The van der Waals surface area contributed by atoms with Gasteiger partial charge in [0.25, 0.3) is 0 Å². The van der Waals surface area contributed by atoms with Crippen molar-refractivity contribution in [3.63, 3.8) is 0 Å². The maximum atomic E-state index is 12.5. The number of ether oxygens (including phenoxy) is 1. The van der Waals surface area contributed by atoms with Gasteiger partial charge in [-0.3, -0.25) is 9.59 Å². The first-order valence-corrected chi connectivity index (χ1v) is 27.6. The largest absolute Gasteiger partial charge is 0.466 e. The van der Waals surface area contributed by atoms with Crippen LogP contribution >= 0.6 is 0 Å². The van der Waals surface area contributed by atoms with E-state index in [0.29, 0.717) is 25.9 Å². The molecule has 62 heavy (non-hydrogen) atoms. The average Bonchev–Trinajstić information content (AvgIpc) is 3.27. The van der Waals surface area contributed by atoms with E-state index in [1.54, 1.807) is 0 Å². The second-order valence-corrected chi connectivity index (χ2v) is 18.9. The van der Waals surface area contributed by atoms with Crippen LogP contribution in [-0.2, 0) is 14.3 Å².